The second-order valence-electron chi connectivity index (χ2n) is 18.4. The number of halogens is 4. The molecule has 0 bridgehead atoms. The lowest BCUT2D eigenvalue weighted by atomic mass is 9.82. The summed E-state index contributed by atoms with van der Waals surface area (Å²) in [5.41, 5.74) is 17.1. The Morgan fingerprint density at radius 2 is 0.509 bits per heavy atom. The summed E-state index contributed by atoms with van der Waals surface area (Å²) in [4.78, 5) is 0. The maximum absolute atomic E-state index is 3.71. The molecule has 3 aliphatic rings. The standard InChI is InChI=1S/C34H36Br2Si2.C15H12Br2/c1-33(2)29-17-21(35)9-13-25(29)27-15-11-23(19-31(27)33)37(5,6)38(7,8)24-12-16-28-26-14-10-22(36)18-30(26)34(3,4)32(28)20-24;1-15(2)13-7-9(16)3-5-11(13)12-6-4-10(17)8-14(12)15/h9-20H,1-8H3;3-8H,1-2H3. The van der Waals surface area contributed by atoms with E-state index in [2.05, 4.69) is 241 Å². The van der Waals surface area contributed by atoms with E-state index >= 15 is 0 Å². The van der Waals surface area contributed by atoms with Crippen LogP contribution >= 0.6 is 63.7 Å². The molecule has 0 unspecified atom stereocenters. The molecule has 6 heteroatoms. The molecule has 0 amide bonds. The van der Waals surface area contributed by atoms with Crippen molar-refractivity contribution in [3.63, 3.8) is 0 Å². The van der Waals surface area contributed by atoms with Crippen LogP contribution in [0.5, 0.6) is 0 Å². The van der Waals surface area contributed by atoms with Crippen LogP contribution < -0.4 is 10.4 Å². The van der Waals surface area contributed by atoms with Gasteiger partial charge in [-0.3, -0.25) is 0 Å². The van der Waals surface area contributed by atoms with Crippen molar-refractivity contribution in [2.24, 2.45) is 0 Å². The van der Waals surface area contributed by atoms with Gasteiger partial charge in [0, 0.05) is 34.1 Å². The molecule has 0 radical (unpaired) electrons. The van der Waals surface area contributed by atoms with Crippen molar-refractivity contribution in [2.45, 2.75) is 84.0 Å². The third-order valence-electron chi connectivity index (χ3n) is 13.9. The predicted octanol–water partition coefficient (Wildman–Crippen LogP) is 15.0. The summed E-state index contributed by atoms with van der Waals surface area (Å²) >= 11 is 14.6. The van der Waals surface area contributed by atoms with E-state index in [1.165, 1.54) is 66.8 Å². The van der Waals surface area contributed by atoms with Gasteiger partial charge in [0.2, 0.25) is 0 Å². The molecular weight excluding hydrogens is 964 g/mol. The Kier molecular flexibility index (Phi) is 9.59. The number of rotatable bonds is 3. The molecule has 55 heavy (non-hydrogen) atoms. The second-order valence-corrected chi connectivity index (χ2v) is 37.2. The minimum atomic E-state index is -1.81. The van der Waals surface area contributed by atoms with Crippen LogP contribution in [0.2, 0.25) is 26.2 Å². The largest absolute Gasteiger partial charge is 0.0791 e. The van der Waals surface area contributed by atoms with E-state index in [4.69, 9.17) is 0 Å². The first-order valence-electron chi connectivity index (χ1n) is 19.2. The highest BCUT2D eigenvalue weighted by Crippen LogP contribution is 2.52. The topological polar surface area (TPSA) is 0 Å². The molecular formula is C49H48Br4Si2. The van der Waals surface area contributed by atoms with Gasteiger partial charge in [-0.1, -0.05) is 202 Å². The normalized spacial score (nSPS) is 16.3. The molecule has 0 atom stereocenters. The zero-order valence-corrected chi connectivity index (χ0v) is 41.7. The van der Waals surface area contributed by atoms with E-state index in [1.807, 2.05) is 0 Å². The quantitative estimate of drug-likeness (QED) is 0.155. The van der Waals surface area contributed by atoms with Crippen LogP contribution in [0.15, 0.2) is 127 Å². The fourth-order valence-electron chi connectivity index (χ4n) is 9.60. The van der Waals surface area contributed by atoms with Crippen molar-refractivity contribution in [3.05, 3.63) is 160 Å². The lowest BCUT2D eigenvalue weighted by molar-refractivity contribution is 0.659. The molecule has 6 aromatic carbocycles. The highest BCUT2D eigenvalue weighted by molar-refractivity contribution is 9.11. The van der Waals surface area contributed by atoms with Crippen LogP contribution in [0.25, 0.3) is 33.4 Å². The first-order chi connectivity index (χ1) is 25.7. The van der Waals surface area contributed by atoms with Crippen molar-refractivity contribution in [1.82, 2.24) is 0 Å². The van der Waals surface area contributed by atoms with Gasteiger partial charge in [0.25, 0.3) is 0 Å². The zero-order valence-electron chi connectivity index (χ0n) is 33.4. The fraction of sp³-hybridized carbons (Fsp3) is 0.265. The predicted molar refractivity (Wildman–Crippen MR) is 257 cm³/mol. The molecule has 0 fully saturated rings. The molecule has 0 saturated carbocycles. The Bertz CT molecular complexity index is 2400. The second kappa shape index (κ2) is 13.4. The molecule has 0 N–H and O–H groups in total. The van der Waals surface area contributed by atoms with Crippen LogP contribution in [0.3, 0.4) is 0 Å². The number of hydrogen-bond acceptors (Lipinski definition) is 0. The van der Waals surface area contributed by atoms with Crippen molar-refractivity contribution in [3.8, 4) is 33.4 Å². The van der Waals surface area contributed by atoms with Crippen LogP contribution in [0.4, 0.5) is 0 Å². The highest BCUT2D eigenvalue weighted by Gasteiger charge is 2.47. The molecule has 6 aromatic rings. The van der Waals surface area contributed by atoms with Crippen molar-refractivity contribution in [1.29, 1.82) is 0 Å². The Labute approximate surface area is 363 Å². The third-order valence-corrected chi connectivity index (χ3v) is 33.6. The maximum Gasteiger partial charge on any atom is 0.0791 e. The number of fused-ring (bicyclic) bond motifs is 9. The van der Waals surface area contributed by atoms with E-state index < -0.39 is 15.2 Å². The summed E-state index contributed by atoms with van der Waals surface area (Å²) < 4.78 is 4.62. The fourth-order valence-corrected chi connectivity index (χ4v) is 19.8. The van der Waals surface area contributed by atoms with E-state index in [-0.39, 0.29) is 16.2 Å². The van der Waals surface area contributed by atoms with Crippen molar-refractivity contribution in [2.75, 3.05) is 0 Å². The minimum absolute atomic E-state index is 0.0122. The van der Waals surface area contributed by atoms with Crippen LogP contribution in [0, 0.1) is 0 Å². The van der Waals surface area contributed by atoms with Gasteiger partial charge in [0.1, 0.15) is 0 Å². The SMILES string of the molecule is CC1(C)c2cc(Br)ccc2-c2ccc(Br)cc21.CC1(C)c2cc(Br)ccc2-c2ccc([Si](C)(C)[Si](C)(C)c3ccc4c(c3)C(C)(C)c3cc(Br)ccc3-4)cc21. The molecule has 0 heterocycles. The summed E-state index contributed by atoms with van der Waals surface area (Å²) in [6.45, 7) is 24.6. The van der Waals surface area contributed by atoms with Crippen LogP contribution in [-0.2, 0) is 16.2 Å². The van der Waals surface area contributed by atoms with Gasteiger partial charge in [0.15, 0.2) is 0 Å². The summed E-state index contributed by atoms with van der Waals surface area (Å²) in [5.74, 6) is 0. The van der Waals surface area contributed by atoms with Crippen molar-refractivity contribution >= 4 is 89.3 Å². The van der Waals surface area contributed by atoms with Gasteiger partial charge in [-0.05, 0) is 115 Å². The van der Waals surface area contributed by atoms with Gasteiger partial charge in [-0.2, -0.15) is 0 Å². The lowest BCUT2D eigenvalue weighted by Gasteiger charge is -2.40. The Balaban J connectivity index is 0.000000209. The summed E-state index contributed by atoms with van der Waals surface area (Å²) in [5, 5.41) is 3.19. The van der Waals surface area contributed by atoms with Gasteiger partial charge >= 0.3 is 0 Å². The van der Waals surface area contributed by atoms with E-state index in [9.17, 15) is 0 Å². The molecule has 0 aromatic heterocycles. The van der Waals surface area contributed by atoms with Crippen molar-refractivity contribution < 1.29 is 0 Å². The van der Waals surface area contributed by atoms with Gasteiger partial charge in [-0.25, -0.2) is 0 Å². The first kappa shape index (κ1) is 39.5. The van der Waals surface area contributed by atoms with E-state index in [0.29, 0.717) is 0 Å². The number of hydrogen-bond donors (Lipinski definition) is 0. The first-order valence-corrected chi connectivity index (χ1v) is 29.4. The molecule has 280 valence electrons. The number of benzene rings is 6. The molecule has 9 rings (SSSR count). The van der Waals surface area contributed by atoms with Gasteiger partial charge < -0.3 is 0 Å². The zero-order chi connectivity index (χ0) is 39.6. The van der Waals surface area contributed by atoms with E-state index in [0.717, 1.165) is 17.9 Å². The molecule has 0 nitrogen and oxygen atoms in total. The minimum Gasteiger partial charge on any atom is -0.0671 e. The van der Waals surface area contributed by atoms with Crippen LogP contribution in [-0.4, -0.2) is 15.2 Å². The lowest BCUT2D eigenvalue weighted by Crippen LogP contribution is -2.69. The molecule has 0 aliphatic heterocycles. The molecule has 3 aliphatic carbocycles. The third kappa shape index (κ3) is 6.09. The Morgan fingerprint density at radius 1 is 0.309 bits per heavy atom. The Hall–Kier alpha value is -2.33. The monoisotopic (exact) mass is 1010 g/mol. The van der Waals surface area contributed by atoms with E-state index in [1.54, 1.807) is 10.4 Å². The smallest absolute Gasteiger partial charge is 0.0671 e. The average Bonchev–Trinajstić information content (AvgIpc) is 3.59. The van der Waals surface area contributed by atoms with Gasteiger partial charge in [-0.15, -0.1) is 0 Å². The molecule has 0 spiro atoms. The summed E-state index contributed by atoms with van der Waals surface area (Å²) in [6, 6.07) is 41.7. The maximum atomic E-state index is 3.71. The summed E-state index contributed by atoms with van der Waals surface area (Å²) in [6.07, 6.45) is 0. The van der Waals surface area contributed by atoms with Gasteiger partial charge in [0.05, 0.1) is 15.2 Å². The highest BCUT2D eigenvalue weighted by atomic mass is 79.9. The average molecular weight is 1010 g/mol. The van der Waals surface area contributed by atoms with Crippen LogP contribution in [0.1, 0.15) is 74.9 Å². The summed E-state index contributed by atoms with van der Waals surface area (Å²) in [7, 11) is -3.63. The molecule has 0 saturated heterocycles. The Morgan fingerprint density at radius 3 is 0.745 bits per heavy atom.